The molecule has 0 spiro atoms. The van der Waals surface area contributed by atoms with Gasteiger partial charge in [-0.25, -0.2) is 4.79 Å². The Morgan fingerprint density at radius 3 is 2.32 bits per heavy atom. The average molecular weight is 264 g/mol. The summed E-state index contributed by atoms with van der Waals surface area (Å²) in [7, 11) is 0. The maximum Gasteiger partial charge on any atom is 0.347 e. The smallest absolute Gasteiger partial charge is 0.347 e. The van der Waals surface area contributed by atoms with Crippen LogP contribution in [0.5, 0.6) is 0 Å². The van der Waals surface area contributed by atoms with E-state index >= 15 is 0 Å². The van der Waals surface area contributed by atoms with Crippen molar-refractivity contribution in [1.82, 2.24) is 0 Å². The Morgan fingerprint density at radius 2 is 1.79 bits per heavy atom. The Kier molecular flexibility index (Phi) is 5.73. The molecule has 19 heavy (non-hydrogen) atoms. The first kappa shape index (κ1) is 14.9. The number of ketones is 1. The highest BCUT2D eigenvalue weighted by Gasteiger charge is 2.26. The van der Waals surface area contributed by atoms with E-state index in [1.807, 2.05) is 0 Å². The van der Waals surface area contributed by atoms with E-state index in [2.05, 4.69) is 0 Å². The second-order valence-electron chi connectivity index (χ2n) is 3.84. The molecule has 0 saturated heterocycles. The molecule has 1 rings (SSSR count). The molecule has 0 radical (unpaired) electrons. The molecule has 5 nitrogen and oxygen atoms in total. The number of hydrogen-bond donors (Lipinski definition) is 0. The lowest BCUT2D eigenvalue weighted by Gasteiger charge is -2.14. The van der Waals surface area contributed by atoms with Gasteiger partial charge in [0.05, 0.1) is 13.0 Å². The second kappa shape index (κ2) is 7.31. The van der Waals surface area contributed by atoms with Gasteiger partial charge in [0.15, 0.2) is 5.78 Å². The molecule has 0 unspecified atom stereocenters. The summed E-state index contributed by atoms with van der Waals surface area (Å²) < 4.78 is 9.60. The fraction of sp³-hybridized carbons (Fsp3) is 0.357. The van der Waals surface area contributed by atoms with Crippen molar-refractivity contribution in [2.24, 2.45) is 0 Å². The minimum absolute atomic E-state index is 0.163. The highest BCUT2D eigenvalue weighted by atomic mass is 16.6. The van der Waals surface area contributed by atoms with Crippen LogP contribution in [0.2, 0.25) is 0 Å². The quantitative estimate of drug-likeness (QED) is 0.578. The van der Waals surface area contributed by atoms with Crippen LogP contribution in [0.25, 0.3) is 0 Å². The molecule has 0 aliphatic carbocycles. The highest BCUT2D eigenvalue weighted by molar-refractivity contribution is 5.99. The summed E-state index contributed by atoms with van der Waals surface area (Å²) >= 11 is 0. The summed E-state index contributed by atoms with van der Waals surface area (Å²) in [5.74, 6) is -1.61. The molecule has 0 aromatic heterocycles. The molecule has 0 N–H and O–H groups in total. The molecule has 1 atom stereocenters. The van der Waals surface area contributed by atoms with Crippen LogP contribution in [0.3, 0.4) is 0 Å². The molecule has 0 aliphatic heterocycles. The first-order valence-corrected chi connectivity index (χ1v) is 5.96. The van der Waals surface area contributed by atoms with Crippen LogP contribution < -0.4 is 0 Å². The molecule has 0 heterocycles. The van der Waals surface area contributed by atoms with E-state index in [4.69, 9.17) is 9.47 Å². The van der Waals surface area contributed by atoms with Crippen LogP contribution in [-0.4, -0.2) is 30.4 Å². The topological polar surface area (TPSA) is 69.7 Å². The van der Waals surface area contributed by atoms with Gasteiger partial charge in [0.1, 0.15) is 0 Å². The molecule has 0 aliphatic rings. The molecule has 102 valence electrons. The van der Waals surface area contributed by atoms with Crippen LogP contribution in [0.4, 0.5) is 0 Å². The first-order valence-electron chi connectivity index (χ1n) is 5.96. The predicted octanol–water partition coefficient (Wildman–Crippen LogP) is 1.75. The van der Waals surface area contributed by atoms with Gasteiger partial charge in [-0.05, 0) is 6.92 Å². The van der Waals surface area contributed by atoms with Crippen molar-refractivity contribution < 1.29 is 23.9 Å². The highest BCUT2D eigenvalue weighted by Crippen LogP contribution is 2.09. The van der Waals surface area contributed by atoms with Crippen molar-refractivity contribution in [3.05, 3.63) is 35.9 Å². The molecule has 0 bridgehead atoms. The number of carbonyl (C=O) groups excluding carboxylic acids is 3. The van der Waals surface area contributed by atoms with Gasteiger partial charge < -0.3 is 9.47 Å². The number of Topliss-reactive ketones (excluding diaryl/α,β-unsaturated/α-hetero) is 1. The van der Waals surface area contributed by atoms with E-state index in [1.54, 1.807) is 37.3 Å². The lowest BCUT2D eigenvalue weighted by Crippen LogP contribution is -2.31. The second-order valence-corrected chi connectivity index (χ2v) is 3.84. The maximum absolute atomic E-state index is 11.9. The van der Waals surface area contributed by atoms with E-state index in [0.29, 0.717) is 5.56 Å². The number of rotatable bonds is 6. The van der Waals surface area contributed by atoms with Gasteiger partial charge >= 0.3 is 11.9 Å². The standard InChI is InChI=1S/C14H16O5/c1-3-18-14(17)13(19-10(2)15)9-12(16)11-7-5-4-6-8-11/h4-8,13H,3,9H2,1-2H3/t13-/m1/s1. The zero-order valence-corrected chi connectivity index (χ0v) is 10.9. The lowest BCUT2D eigenvalue weighted by atomic mass is 10.1. The van der Waals surface area contributed by atoms with Crippen LogP contribution in [0, 0.1) is 0 Å². The molecule has 1 aromatic carbocycles. The van der Waals surface area contributed by atoms with Crippen molar-refractivity contribution >= 4 is 17.7 Å². The number of ether oxygens (including phenoxy) is 2. The van der Waals surface area contributed by atoms with Crippen LogP contribution in [0.1, 0.15) is 30.6 Å². The summed E-state index contributed by atoms with van der Waals surface area (Å²) in [6.45, 7) is 2.98. The van der Waals surface area contributed by atoms with E-state index < -0.39 is 18.0 Å². The monoisotopic (exact) mass is 264 g/mol. The van der Waals surface area contributed by atoms with E-state index in [0.717, 1.165) is 0 Å². The largest absolute Gasteiger partial charge is 0.463 e. The van der Waals surface area contributed by atoms with Gasteiger partial charge in [0.2, 0.25) is 6.10 Å². The Bertz CT molecular complexity index is 452. The fourth-order valence-electron chi connectivity index (χ4n) is 1.52. The summed E-state index contributed by atoms with van der Waals surface area (Å²) in [4.78, 5) is 34.5. The van der Waals surface area contributed by atoms with Gasteiger partial charge in [0.25, 0.3) is 0 Å². The van der Waals surface area contributed by atoms with Crippen molar-refractivity contribution in [2.45, 2.75) is 26.4 Å². The van der Waals surface area contributed by atoms with Gasteiger partial charge in [-0.15, -0.1) is 0 Å². The van der Waals surface area contributed by atoms with Crippen molar-refractivity contribution in [3.8, 4) is 0 Å². The third-order valence-corrected chi connectivity index (χ3v) is 2.32. The lowest BCUT2D eigenvalue weighted by molar-refractivity contribution is -0.166. The number of esters is 2. The van der Waals surface area contributed by atoms with E-state index in [1.165, 1.54) is 6.92 Å². The Balaban J connectivity index is 2.74. The molecule has 0 saturated carbocycles. The van der Waals surface area contributed by atoms with E-state index in [-0.39, 0.29) is 18.8 Å². The van der Waals surface area contributed by atoms with Gasteiger partial charge in [-0.1, -0.05) is 30.3 Å². The minimum atomic E-state index is -1.19. The van der Waals surface area contributed by atoms with Crippen molar-refractivity contribution in [2.75, 3.05) is 6.61 Å². The Morgan fingerprint density at radius 1 is 1.16 bits per heavy atom. The van der Waals surface area contributed by atoms with Crippen LogP contribution >= 0.6 is 0 Å². The Hall–Kier alpha value is -2.17. The van der Waals surface area contributed by atoms with Crippen LogP contribution in [-0.2, 0) is 19.1 Å². The zero-order chi connectivity index (χ0) is 14.3. The molecule has 5 heteroatoms. The minimum Gasteiger partial charge on any atom is -0.463 e. The van der Waals surface area contributed by atoms with Gasteiger partial charge in [0, 0.05) is 12.5 Å². The summed E-state index contributed by atoms with van der Waals surface area (Å²) in [5, 5.41) is 0. The Labute approximate surface area is 111 Å². The van der Waals surface area contributed by atoms with Gasteiger partial charge in [-0.3, -0.25) is 9.59 Å². The summed E-state index contributed by atoms with van der Waals surface area (Å²) in [6, 6.07) is 8.50. The van der Waals surface area contributed by atoms with Crippen molar-refractivity contribution in [1.29, 1.82) is 0 Å². The van der Waals surface area contributed by atoms with E-state index in [9.17, 15) is 14.4 Å². The number of benzene rings is 1. The number of hydrogen-bond acceptors (Lipinski definition) is 5. The normalized spacial score (nSPS) is 11.5. The molecule has 1 aromatic rings. The fourth-order valence-corrected chi connectivity index (χ4v) is 1.52. The first-order chi connectivity index (χ1) is 9.04. The zero-order valence-electron chi connectivity index (χ0n) is 10.9. The summed E-state index contributed by atoms with van der Waals surface area (Å²) in [6.07, 6.45) is -1.41. The third kappa shape index (κ3) is 4.91. The van der Waals surface area contributed by atoms with Crippen molar-refractivity contribution in [3.63, 3.8) is 0 Å². The van der Waals surface area contributed by atoms with Gasteiger partial charge in [-0.2, -0.15) is 0 Å². The maximum atomic E-state index is 11.9. The molecule has 0 amide bonds. The summed E-state index contributed by atoms with van der Waals surface area (Å²) in [5.41, 5.74) is 0.462. The molecular formula is C14H16O5. The third-order valence-electron chi connectivity index (χ3n) is 2.32. The average Bonchev–Trinajstić information content (AvgIpc) is 2.38. The molecular weight excluding hydrogens is 248 g/mol. The predicted molar refractivity (Wildman–Crippen MR) is 67.6 cm³/mol. The molecule has 0 fully saturated rings. The number of carbonyl (C=O) groups is 3. The SMILES string of the molecule is CCOC(=O)[C@@H](CC(=O)c1ccccc1)OC(C)=O. The van der Waals surface area contributed by atoms with Crippen LogP contribution in [0.15, 0.2) is 30.3 Å².